The fourth-order valence-electron chi connectivity index (χ4n) is 4.94. The number of benzene rings is 2. The lowest BCUT2D eigenvalue weighted by Gasteiger charge is -2.43. The molecule has 2 aromatic carbocycles. The zero-order chi connectivity index (χ0) is 28.8. The zero-order valence-corrected chi connectivity index (χ0v) is 25.2. The maximum absolute atomic E-state index is 13.1. The Balaban J connectivity index is 1.55. The lowest BCUT2D eigenvalue weighted by molar-refractivity contribution is -0.168. The van der Waals surface area contributed by atoms with E-state index in [2.05, 4.69) is 72.7 Å². The van der Waals surface area contributed by atoms with Gasteiger partial charge in [-0.2, -0.15) is 0 Å². The molecule has 3 rings (SSSR count). The van der Waals surface area contributed by atoms with Crippen LogP contribution in [0.3, 0.4) is 0 Å². The summed E-state index contributed by atoms with van der Waals surface area (Å²) in [6.45, 7) is 16.6. The van der Waals surface area contributed by atoms with E-state index in [9.17, 15) is 9.90 Å². The summed E-state index contributed by atoms with van der Waals surface area (Å²) in [7, 11) is 0. The van der Waals surface area contributed by atoms with Crippen molar-refractivity contribution < 1.29 is 23.8 Å². The normalized spacial score (nSPS) is 14.7. The van der Waals surface area contributed by atoms with Crippen LogP contribution in [-0.4, -0.2) is 30.4 Å². The maximum atomic E-state index is 13.1. The van der Waals surface area contributed by atoms with Crippen molar-refractivity contribution in [2.45, 2.75) is 93.6 Å². The Kier molecular flexibility index (Phi) is 9.93. The second kappa shape index (κ2) is 12.6. The number of fused-ring (bicyclic) bond motifs is 1. The van der Waals surface area contributed by atoms with E-state index in [1.165, 1.54) is 24.8 Å². The number of hydrogen-bond donors (Lipinski definition) is 1. The van der Waals surface area contributed by atoms with Gasteiger partial charge in [0.1, 0.15) is 36.4 Å². The van der Waals surface area contributed by atoms with Crippen molar-refractivity contribution in [3.63, 3.8) is 0 Å². The standard InChI is InChI=1S/C34H48O5/c1-9-10-11-12-24-13-14-26-20-30(39-29(26)19-24)25-15-17-28(18-16-25)37-21-27(35)22-38-31(36)34(8,33(5,6)7)23-32(2,3)4/h13-20,27,35H,9-12,21-23H2,1-8H3. The monoisotopic (exact) mass is 536 g/mol. The number of rotatable bonds is 12. The first-order chi connectivity index (χ1) is 18.2. The van der Waals surface area contributed by atoms with Crippen molar-refractivity contribution in [2.24, 2.45) is 16.2 Å². The first-order valence-corrected chi connectivity index (χ1v) is 14.3. The highest BCUT2D eigenvalue weighted by molar-refractivity contribution is 5.83. The van der Waals surface area contributed by atoms with Gasteiger partial charge in [-0.15, -0.1) is 0 Å². The minimum atomic E-state index is -0.922. The Hall–Kier alpha value is -2.79. The van der Waals surface area contributed by atoms with Crippen LogP contribution in [0.2, 0.25) is 0 Å². The van der Waals surface area contributed by atoms with Crippen LogP contribution in [0, 0.1) is 16.2 Å². The van der Waals surface area contributed by atoms with Gasteiger partial charge in [0.2, 0.25) is 0 Å². The molecule has 1 N–H and O–H groups in total. The summed E-state index contributed by atoms with van der Waals surface area (Å²) in [6, 6.07) is 16.1. The highest BCUT2D eigenvalue weighted by Crippen LogP contribution is 2.47. The van der Waals surface area contributed by atoms with Gasteiger partial charge in [0.25, 0.3) is 0 Å². The number of ether oxygens (including phenoxy) is 2. The van der Waals surface area contributed by atoms with Crippen LogP contribution in [-0.2, 0) is 16.0 Å². The van der Waals surface area contributed by atoms with E-state index in [0.29, 0.717) is 12.2 Å². The number of furan rings is 1. The Morgan fingerprint density at radius 3 is 2.23 bits per heavy atom. The van der Waals surface area contributed by atoms with Crippen LogP contribution < -0.4 is 4.74 Å². The molecule has 5 nitrogen and oxygen atoms in total. The van der Waals surface area contributed by atoms with Crippen LogP contribution in [0.15, 0.2) is 52.9 Å². The number of aryl methyl sites for hydroxylation is 1. The topological polar surface area (TPSA) is 68.9 Å². The molecule has 0 saturated heterocycles. The predicted octanol–water partition coefficient (Wildman–Crippen LogP) is 8.60. The van der Waals surface area contributed by atoms with Gasteiger partial charge in [-0.1, -0.05) is 73.4 Å². The van der Waals surface area contributed by atoms with Crippen LogP contribution in [0.5, 0.6) is 5.75 Å². The first-order valence-electron chi connectivity index (χ1n) is 14.3. The molecule has 214 valence electrons. The summed E-state index contributed by atoms with van der Waals surface area (Å²) in [5.41, 5.74) is 2.19. The van der Waals surface area contributed by atoms with E-state index in [1.807, 2.05) is 31.2 Å². The maximum Gasteiger partial charge on any atom is 0.312 e. The van der Waals surface area contributed by atoms with Gasteiger partial charge < -0.3 is 19.0 Å². The third kappa shape index (κ3) is 8.35. The van der Waals surface area contributed by atoms with E-state index in [0.717, 1.165) is 28.7 Å². The smallest absolute Gasteiger partial charge is 0.312 e. The highest BCUT2D eigenvalue weighted by Gasteiger charge is 2.47. The Morgan fingerprint density at radius 2 is 1.62 bits per heavy atom. The number of hydrogen-bond acceptors (Lipinski definition) is 5. The molecule has 0 fully saturated rings. The SMILES string of the molecule is CCCCCc1ccc2cc(-c3ccc(OCC(O)COC(=O)C(C)(CC(C)(C)C)C(C)(C)C)cc3)oc2c1. The molecule has 0 amide bonds. The van der Waals surface area contributed by atoms with Crippen LogP contribution in [0.25, 0.3) is 22.3 Å². The van der Waals surface area contributed by atoms with E-state index in [1.54, 1.807) is 0 Å². The molecule has 2 atom stereocenters. The lowest BCUT2D eigenvalue weighted by Crippen LogP contribution is -2.45. The van der Waals surface area contributed by atoms with Gasteiger partial charge in [0.05, 0.1) is 5.41 Å². The molecule has 0 aliphatic carbocycles. The summed E-state index contributed by atoms with van der Waals surface area (Å²) in [5, 5.41) is 11.5. The van der Waals surface area contributed by atoms with Crippen LogP contribution in [0.1, 0.15) is 86.6 Å². The lowest BCUT2D eigenvalue weighted by atomic mass is 9.61. The van der Waals surface area contributed by atoms with Crippen LogP contribution in [0.4, 0.5) is 0 Å². The molecule has 1 heterocycles. The van der Waals surface area contributed by atoms with Gasteiger partial charge in [0, 0.05) is 10.9 Å². The van der Waals surface area contributed by atoms with Gasteiger partial charge in [-0.3, -0.25) is 4.79 Å². The van der Waals surface area contributed by atoms with Gasteiger partial charge in [-0.25, -0.2) is 0 Å². The Morgan fingerprint density at radius 1 is 0.923 bits per heavy atom. The van der Waals surface area contributed by atoms with Gasteiger partial charge in [0.15, 0.2) is 0 Å². The van der Waals surface area contributed by atoms with Gasteiger partial charge >= 0.3 is 5.97 Å². The third-order valence-electron chi connectivity index (χ3n) is 7.63. The molecule has 0 aliphatic rings. The minimum absolute atomic E-state index is 0.0313. The molecule has 1 aromatic heterocycles. The molecule has 0 bridgehead atoms. The molecule has 0 radical (unpaired) electrons. The second-order valence-corrected chi connectivity index (χ2v) is 13.3. The van der Waals surface area contributed by atoms with Crippen LogP contribution >= 0.6 is 0 Å². The van der Waals surface area contributed by atoms with Gasteiger partial charge in [-0.05, 0) is 79.0 Å². The summed E-state index contributed by atoms with van der Waals surface area (Å²) >= 11 is 0. The summed E-state index contributed by atoms with van der Waals surface area (Å²) in [4.78, 5) is 13.1. The highest BCUT2D eigenvalue weighted by atomic mass is 16.5. The second-order valence-electron chi connectivity index (χ2n) is 13.3. The summed E-state index contributed by atoms with van der Waals surface area (Å²) < 4.78 is 17.5. The molecular formula is C34H48O5. The number of aliphatic hydroxyl groups excluding tert-OH is 1. The Labute approximate surface area is 234 Å². The molecule has 0 saturated carbocycles. The van der Waals surface area contributed by atoms with Crippen molar-refractivity contribution in [1.82, 2.24) is 0 Å². The predicted molar refractivity (Wildman–Crippen MR) is 159 cm³/mol. The number of aliphatic hydroxyl groups is 1. The zero-order valence-electron chi connectivity index (χ0n) is 25.2. The molecule has 5 heteroatoms. The van der Waals surface area contributed by atoms with Crippen molar-refractivity contribution in [3.05, 3.63) is 54.1 Å². The largest absolute Gasteiger partial charge is 0.491 e. The van der Waals surface area contributed by atoms with Crippen molar-refractivity contribution in [2.75, 3.05) is 13.2 Å². The quantitative estimate of drug-likeness (QED) is 0.185. The summed E-state index contributed by atoms with van der Waals surface area (Å²) in [6.07, 6.45) is 4.49. The Bertz CT molecular complexity index is 1210. The molecule has 39 heavy (non-hydrogen) atoms. The first kappa shape index (κ1) is 30.7. The fraction of sp³-hybridized carbons (Fsp3) is 0.559. The van der Waals surface area contributed by atoms with Crippen molar-refractivity contribution >= 4 is 16.9 Å². The molecule has 3 aromatic rings. The number of esters is 1. The van der Waals surface area contributed by atoms with E-state index < -0.39 is 11.5 Å². The van der Waals surface area contributed by atoms with Crippen molar-refractivity contribution in [3.8, 4) is 17.1 Å². The summed E-state index contributed by atoms with van der Waals surface area (Å²) in [5.74, 6) is 1.16. The minimum Gasteiger partial charge on any atom is -0.491 e. The van der Waals surface area contributed by atoms with E-state index >= 15 is 0 Å². The average molecular weight is 537 g/mol. The molecule has 0 aliphatic heterocycles. The fourth-order valence-corrected chi connectivity index (χ4v) is 4.94. The third-order valence-corrected chi connectivity index (χ3v) is 7.63. The van der Waals surface area contributed by atoms with E-state index in [4.69, 9.17) is 13.9 Å². The molecular weight excluding hydrogens is 488 g/mol. The van der Waals surface area contributed by atoms with Crippen molar-refractivity contribution in [1.29, 1.82) is 0 Å². The molecule has 0 spiro atoms. The van der Waals surface area contributed by atoms with E-state index in [-0.39, 0.29) is 30.0 Å². The molecule has 2 unspecified atom stereocenters. The number of carbonyl (C=O) groups is 1. The number of unbranched alkanes of at least 4 members (excludes halogenated alkanes) is 2. The average Bonchev–Trinajstić information content (AvgIpc) is 3.28. The number of carbonyl (C=O) groups excluding carboxylic acids is 1.